The molecular formula is C24H28ClN5O4. The van der Waals surface area contributed by atoms with Crippen LogP contribution in [0.25, 0.3) is 0 Å². The van der Waals surface area contributed by atoms with Crippen molar-refractivity contribution in [3.63, 3.8) is 0 Å². The van der Waals surface area contributed by atoms with Gasteiger partial charge in [0.2, 0.25) is 0 Å². The lowest BCUT2D eigenvalue weighted by Crippen LogP contribution is -2.43. The minimum atomic E-state index is -0.746. The fourth-order valence-electron chi connectivity index (χ4n) is 3.90. The van der Waals surface area contributed by atoms with Gasteiger partial charge in [-0.25, -0.2) is 4.79 Å². The van der Waals surface area contributed by atoms with E-state index in [9.17, 15) is 14.7 Å². The van der Waals surface area contributed by atoms with Gasteiger partial charge in [0.25, 0.3) is 11.9 Å². The van der Waals surface area contributed by atoms with E-state index in [-0.39, 0.29) is 19.7 Å². The van der Waals surface area contributed by atoms with Crippen LogP contribution in [0.1, 0.15) is 37.4 Å². The molecule has 0 amide bonds. The Labute approximate surface area is 202 Å². The second-order valence-electron chi connectivity index (χ2n) is 8.51. The molecule has 1 aromatic carbocycles. The number of pyridine rings is 1. The van der Waals surface area contributed by atoms with Crippen LogP contribution in [0.15, 0.2) is 52.2 Å². The topological polar surface area (TPSA) is 102 Å². The highest BCUT2D eigenvalue weighted by atomic mass is 35.5. The van der Waals surface area contributed by atoms with Crippen molar-refractivity contribution in [3.8, 4) is 5.75 Å². The molecule has 3 heterocycles. The Kier molecular flexibility index (Phi) is 6.95. The average molecular weight is 486 g/mol. The van der Waals surface area contributed by atoms with Gasteiger partial charge in [0.05, 0.1) is 17.3 Å². The number of aromatic nitrogens is 3. The maximum atomic E-state index is 13.4. The van der Waals surface area contributed by atoms with Crippen molar-refractivity contribution in [1.29, 1.82) is 0 Å². The molecule has 0 spiro atoms. The number of nitrogens with zero attached hydrogens (tertiary/aromatic N) is 4. The summed E-state index contributed by atoms with van der Waals surface area (Å²) in [4.78, 5) is 32.4. The molecule has 2 aromatic heterocycles. The molecule has 10 heteroatoms. The number of aliphatic hydroxyl groups excluding tert-OH is 1. The van der Waals surface area contributed by atoms with Crippen LogP contribution in [0.2, 0.25) is 5.02 Å². The smallest absolute Gasteiger partial charge is 0.332 e. The van der Waals surface area contributed by atoms with E-state index in [0.717, 1.165) is 4.57 Å². The van der Waals surface area contributed by atoms with Crippen LogP contribution in [0.4, 0.5) is 11.5 Å². The molecule has 4 rings (SSSR count). The highest BCUT2D eigenvalue weighted by Gasteiger charge is 2.36. The zero-order valence-corrected chi connectivity index (χ0v) is 20.1. The summed E-state index contributed by atoms with van der Waals surface area (Å²) in [5.74, 6) is 1.38. The number of halogens is 1. The summed E-state index contributed by atoms with van der Waals surface area (Å²) < 4.78 is 8.76. The van der Waals surface area contributed by atoms with E-state index in [2.05, 4.69) is 24.1 Å². The van der Waals surface area contributed by atoms with Gasteiger partial charge in [0.1, 0.15) is 17.3 Å². The fourth-order valence-corrected chi connectivity index (χ4v) is 4.02. The molecule has 0 saturated carbocycles. The maximum Gasteiger partial charge on any atom is 0.332 e. The predicted octanol–water partition coefficient (Wildman–Crippen LogP) is 2.90. The summed E-state index contributed by atoms with van der Waals surface area (Å²) >= 11 is 5.99. The number of fused-ring (bicyclic) bond motifs is 1. The van der Waals surface area contributed by atoms with E-state index in [4.69, 9.17) is 16.3 Å². The molecule has 0 fully saturated rings. The lowest BCUT2D eigenvalue weighted by atomic mass is 10.0. The number of anilines is 2. The molecule has 0 saturated heterocycles. The first kappa shape index (κ1) is 23.8. The Morgan fingerprint density at radius 3 is 2.53 bits per heavy atom. The molecule has 0 aliphatic carbocycles. The highest BCUT2D eigenvalue weighted by molar-refractivity contribution is 6.30. The molecule has 9 nitrogen and oxygen atoms in total. The molecule has 0 bridgehead atoms. The Hall–Kier alpha value is -3.30. The van der Waals surface area contributed by atoms with Crippen LogP contribution in [0, 0.1) is 0 Å². The Morgan fingerprint density at radius 2 is 1.91 bits per heavy atom. The van der Waals surface area contributed by atoms with Gasteiger partial charge in [0.15, 0.2) is 0 Å². The second-order valence-corrected chi connectivity index (χ2v) is 8.94. The number of aliphatic hydroxyl groups is 1. The summed E-state index contributed by atoms with van der Waals surface area (Å²) in [6.45, 7) is 4.48. The van der Waals surface area contributed by atoms with Crippen LogP contribution in [0.5, 0.6) is 5.75 Å². The molecule has 180 valence electrons. The number of hydrogen-bond donors (Lipinski definition) is 2. The summed E-state index contributed by atoms with van der Waals surface area (Å²) in [7, 11) is 1.60. The maximum absolute atomic E-state index is 13.4. The molecule has 3 aromatic rings. The van der Waals surface area contributed by atoms with Crippen LogP contribution >= 0.6 is 11.6 Å². The van der Waals surface area contributed by atoms with Crippen LogP contribution < -0.4 is 26.2 Å². The largest absolute Gasteiger partial charge is 0.452 e. The number of benzene rings is 1. The van der Waals surface area contributed by atoms with E-state index in [0.29, 0.717) is 40.3 Å². The summed E-state index contributed by atoms with van der Waals surface area (Å²) in [5.41, 5.74) is 1.26. The number of hydrogen-bond acceptors (Lipinski definition) is 7. The Balaban J connectivity index is 1.75. The first-order valence-electron chi connectivity index (χ1n) is 11.1. The van der Waals surface area contributed by atoms with Gasteiger partial charge >= 0.3 is 5.69 Å². The standard InChI is InChI=1S/C24H28ClN5O4/c1-15(2)16-5-9-19(10-6-16)34-23-27-21-20(30(23)14-18-8-7-17(25)13-26-18)22(32)29(11-4-12-31)24(33)28(21)3/h5-10,13,15,23,27,31H,4,11-12,14H2,1-3H3. The summed E-state index contributed by atoms with van der Waals surface area (Å²) in [6.07, 6.45) is 1.09. The van der Waals surface area contributed by atoms with Gasteiger partial charge in [-0.2, -0.15) is 0 Å². The SMILES string of the molecule is CC(C)c1ccc(OC2Nc3c(c(=O)n(CCCO)c(=O)n3C)N2Cc2ccc(Cl)cn2)cc1. The van der Waals surface area contributed by atoms with Crippen molar-refractivity contribution in [3.05, 3.63) is 79.7 Å². The summed E-state index contributed by atoms with van der Waals surface area (Å²) in [6, 6.07) is 11.3. The normalized spacial score (nSPS) is 14.9. The van der Waals surface area contributed by atoms with Gasteiger partial charge in [0, 0.05) is 26.4 Å². The van der Waals surface area contributed by atoms with E-state index >= 15 is 0 Å². The number of ether oxygens (including phenoxy) is 1. The lowest BCUT2D eigenvalue weighted by molar-refractivity contribution is 0.227. The van der Waals surface area contributed by atoms with E-state index in [1.165, 1.54) is 10.1 Å². The van der Waals surface area contributed by atoms with Crippen molar-refractivity contribution in [1.82, 2.24) is 14.1 Å². The average Bonchev–Trinajstić information content (AvgIpc) is 3.17. The van der Waals surface area contributed by atoms with E-state index in [1.807, 2.05) is 24.3 Å². The second kappa shape index (κ2) is 9.90. The zero-order chi connectivity index (χ0) is 24.4. The predicted molar refractivity (Wildman–Crippen MR) is 132 cm³/mol. The van der Waals surface area contributed by atoms with Crippen LogP contribution in [-0.2, 0) is 20.1 Å². The third-order valence-electron chi connectivity index (χ3n) is 5.81. The van der Waals surface area contributed by atoms with Crippen molar-refractivity contribution >= 4 is 23.1 Å². The van der Waals surface area contributed by atoms with Crippen molar-refractivity contribution in [2.45, 2.75) is 45.6 Å². The molecule has 1 unspecified atom stereocenters. The minimum absolute atomic E-state index is 0.116. The minimum Gasteiger partial charge on any atom is -0.452 e. The van der Waals surface area contributed by atoms with Gasteiger partial charge in [-0.15, -0.1) is 0 Å². The van der Waals surface area contributed by atoms with Gasteiger partial charge in [-0.1, -0.05) is 37.6 Å². The first-order valence-corrected chi connectivity index (χ1v) is 11.5. The third kappa shape index (κ3) is 4.67. The summed E-state index contributed by atoms with van der Waals surface area (Å²) in [5, 5.41) is 12.9. The van der Waals surface area contributed by atoms with Crippen LogP contribution in [0.3, 0.4) is 0 Å². The van der Waals surface area contributed by atoms with Crippen molar-refractivity contribution in [2.75, 3.05) is 16.8 Å². The Morgan fingerprint density at radius 1 is 1.18 bits per heavy atom. The lowest BCUT2D eigenvalue weighted by Gasteiger charge is -2.26. The number of nitrogens with one attached hydrogen (secondary N) is 1. The van der Waals surface area contributed by atoms with Gasteiger partial charge < -0.3 is 20.1 Å². The molecule has 1 aliphatic heterocycles. The van der Waals surface area contributed by atoms with Gasteiger partial charge in [-0.3, -0.25) is 18.9 Å². The van der Waals surface area contributed by atoms with E-state index in [1.54, 1.807) is 30.3 Å². The van der Waals surface area contributed by atoms with Crippen LogP contribution in [-0.4, -0.2) is 32.2 Å². The monoisotopic (exact) mass is 485 g/mol. The molecule has 1 aliphatic rings. The van der Waals surface area contributed by atoms with E-state index < -0.39 is 17.6 Å². The Bertz CT molecular complexity index is 1270. The fraction of sp³-hybridized carbons (Fsp3) is 0.375. The quantitative estimate of drug-likeness (QED) is 0.505. The molecule has 34 heavy (non-hydrogen) atoms. The first-order chi connectivity index (χ1) is 16.3. The zero-order valence-electron chi connectivity index (χ0n) is 19.4. The third-order valence-corrected chi connectivity index (χ3v) is 6.03. The molecule has 0 radical (unpaired) electrons. The molecule has 1 atom stereocenters. The number of rotatable bonds is 8. The molecular weight excluding hydrogens is 458 g/mol. The highest BCUT2D eigenvalue weighted by Crippen LogP contribution is 2.33. The van der Waals surface area contributed by atoms with Crippen molar-refractivity contribution in [2.24, 2.45) is 7.05 Å². The van der Waals surface area contributed by atoms with Gasteiger partial charge in [-0.05, 0) is 42.2 Å². The molecule has 2 N–H and O–H groups in total. The van der Waals surface area contributed by atoms with Crippen molar-refractivity contribution < 1.29 is 9.84 Å².